The molecule has 0 saturated carbocycles. The molecule has 0 bridgehead atoms. The van der Waals surface area contributed by atoms with Crippen molar-refractivity contribution in [2.45, 2.75) is 13.3 Å². The minimum atomic E-state index is -0.303. The number of benzene rings is 2. The summed E-state index contributed by atoms with van der Waals surface area (Å²) in [7, 11) is 0. The van der Waals surface area contributed by atoms with Crippen LogP contribution in [-0.4, -0.2) is 9.97 Å². The van der Waals surface area contributed by atoms with E-state index in [-0.39, 0.29) is 11.4 Å². The van der Waals surface area contributed by atoms with Gasteiger partial charge in [-0.05, 0) is 42.3 Å². The SMILES string of the molecule is Cc1sc2nc(Cc3ccc(Cl)cc3)[nH]c(=O)c2c1-c1ccc(F)cc1. The van der Waals surface area contributed by atoms with Gasteiger partial charge in [-0.3, -0.25) is 4.79 Å². The number of fused-ring (bicyclic) bond motifs is 1. The van der Waals surface area contributed by atoms with Crippen LogP contribution >= 0.6 is 22.9 Å². The molecule has 1 N–H and O–H groups in total. The molecule has 2 aromatic carbocycles. The number of nitrogens with one attached hydrogen (secondary N) is 1. The van der Waals surface area contributed by atoms with Crippen LogP contribution in [0.15, 0.2) is 53.3 Å². The minimum Gasteiger partial charge on any atom is -0.310 e. The Balaban J connectivity index is 1.80. The predicted octanol–water partition coefficient (Wildman–Crippen LogP) is 5.34. The van der Waals surface area contributed by atoms with Gasteiger partial charge in [0.1, 0.15) is 16.5 Å². The van der Waals surface area contributed by atoms with Crippen LogP contribution in [0.2, 0.25) is 5.02 Å². The van der Waals surface area contributed by atoms with E-state index in [2.05, 4.69) is 9.97 Å². The summed E-state index contributed by atoms with van der Waals surface area (Å²) in [6.45, 7) is 1.95. The molecule has 0 spiro atoms. The number of hydrogen-bond acceptors (Lipinski definition) is 3. The molecule has 2 aromatic heterocycles. The molecule has 4 rings (SSSR count). The Morgan fingerprint density at radius 2 is 1.81 bits per heavy atom. The smallest absolute Gasteiger partial charge is 0.260 e. The Hall–Kier alpha value is -2.50. The van der Waals surface area contributed by atoms with Gasteiger partial charge in [0, 0.05) is 21.9 Å². The van der Waals surface area contributed by atoms with Gasteiger partial charge in [0.05, 0.1) is 5.39 Å². The molecule has 0 radical (unpaired) electrons. The van der Waals surface area contributed by atoms with Crippen LogP contribution in [-0.2, 0) is 6.42 Å². The number of rotatable bonds is 3. The van der Waals surface area contributed by atoms with E-state index in [1.54, 1.807) is 12.1 Å². The zero-order valence-corrected chi connectivity index (χ0v) is 15.4. The Labute approximate surface area is 158 Å². The monoisotopic (exact) mass is 384 g/mol. The summed E-state index contributed by atoms with van der Waals surface area (Å²) in [5.74, 6) is 0.306. The summed E-state index contributed by atoms with van der Waals surface area (Å²) in [6.07, 6.45) is 0.519. The molecule has 130 valence electrons. The van der Waals surface area contributed by atoms with E-state index in [0.717, 1.165) is 21.6 Å². The van der Waals surface area contributed by atoms with Gasteiger partial charge in [0.2, 0.25) is 0 Å². The van der Waals surface area contributed by atoms with E-state index in [9.17, 15) is 9.18 Å². The molecule has 0 fully saturated rings. The first-order chi connectivity index (χ1) is 12.5. The first-order valence-electron chi connectivity index (χ1n) is 8.04. The summed E-state index contributed by atoms with van der Waals surface area (Å²) >= 11 is 7.38. The van der Waals surface area contributed by atoms with Crippen molar-refractivity contribution in [1.82, 2.24) is 9.97 Å². The molecular formula is C20H14ClFN2OS. The van der Waals surface area contributed by atoms with Gasteiger partial charge in [0.15, 0.2) is 0 Å². The molecule has 0 aliphatic rings. The lowest BCUT2D eigenvalue weighted by atomic mass is 10.0. The van der Waals surface area contributed by atoms with Gasteiger partial charge < -0.3 is 4.98 Å². The molecule has 0 unspecified atom stereocenters. The quantitative estimate of drug-likeness (QED) is 0.518. The number of aryl methyl sites for hydroxylation is 1. The fourth-order valence-corrected chi connectivity index (χ4v) is 4.20. The topological polar surface area (TPSA) is 45.8 Å². The highest BCUT2D eigenvalue weighted by Crippen LogP contribution is 2.35. The third-order valence-electron chi connectivity index (χ3n) is 4.20. The maximum Gasteiger partial charge on any atom is 0.260 e. The largest absolute Gasteiger partial charge is 0.310 e. The molecule has 0 aliphatic heterocycles. The molecule has 0 aliphatic carbocycles. The molecule has 2 heterocycles. The van der Waals surface area contributed by atoms with Gasteiger partial charge in [0.25, 0.3) is 5.56 Å². The summed E-state index contributed by atoms with van der Waals surface area (Å²) in [6, 6.07) is 13.6. The van der Waals surface area contributed by atoms with E-state index >= 15 is 0 Å². The lowest BCUT2D eigenvalue weighted by Gasteiger charge is -2.04. The van der Waals surface area contributed by atoms with Gasteiger partial charge in [-0.1, -0.05) is 35.9 Å². The average molecular weight is 385 g/mol. The molecule has 0 amide bonds. The zero-order chi connectivity index (χ0) is 18.3. The normalized spacial score (nSPS) is 11.2. The van der Waals surface area contributed by atoms with E-state index in [1.165, 1.54) is 23.5 Å². The van der Waals surface area contributed by atoms with Crippen molar-refractivity contribution < 1.29 is 4.39 Å². The number of H-pyrrole nitrogens is 1. The Kier molecular flexibility index (Phi) is 4.34. The number of thiophene rings is 1. The third-order valence-corrected chi connectivity index (χ3v) is 5.46. The van der Waals surface area contributed by atoms with Gasteiger partial charge >= 0.3 is 0 Å². The Bertz CT molecular complexity index is 1150. The number of aromatic amines is 1. The minimum absolute atomic E-state index is 0.178. The van der Waals surface area contributed by atoms with Crippen molar-refractivity contribution in [3.05, 3.63) is 86.0 Å². The number of hydrogen-bond donors (Lipinski definition) is 1. The van der Waals surface area contributed by atoms with Crippen molar-refractivity contribution in [3.8, 4) is 11.1 Å². The molecule has 0 saturated heterocycles. The van der Waals surface area contributed by atoms with Crippen molar-refractivity contribution in [1.29, 1.82) is 0 Å². The van der Waals surface area contributed by atoms with Gasteiger partial charge in [-0.2, -0.15) is 0 Å². The fraction of sp³-hybridized carbons (Fsp3) is 0.100. The number of aromatic nitrogens is 2. The standard InChI is InChI=1S/C20H14ClFN2OS/c1-11-17(13-4-8-15(22)9-5-13)18-19(25)23-16(24-20(18)26-11)10-12-2-6-14(21)7-3-12/h2-9H,10H2,1H3,(H,23,24,25). The highest BCUT2D eigenvalue weighted by molar-refractivity contribution is 7.19. The molecule has 6 heteroatoms. The second kappa shape index (κ2) is 6.67. The van der Waals surface area contributed by atoms with Crippen molar-refractivity contribution in [3.63, 3.8) is 0 Å². The highest BCUT2D eigenvalue weighted by atomic mass is 35.5. The average Bonchev–Trinajstić information content (AvgIpc) is 2.94. The maximum absolute atomic E-state index is 13.2. The van der Waals surface area contributed by atoms with Crippen LogP contribution < -0.4 is 5.56 Å². The zero-order valence-electron chi connectivity index (χ0n) is 13.8. The number of nitrogens with zero attached hydrogens (tertiary/aromatic N) is 1. The van der Waals surface area contributed by atoms with Crippen LogP contribution in [0.25, 0.3) is 21.3 Å². The van der Waals surface area contributed by atoms with Crippen LogP contribution in [0.4, 0.5) is 4.39 Å². The molecule has 3 nitrogen and oxygen atoms in total. The van der Waals surface area contributed by atoms with E-state index in [0.29, 0.717) is 27.5 Å². The second-order valence-electron chi connectivity index (χ2n) is 6.04. The third kappa shape index (κ3) is 3.16. The predicted molar refractivity (Wildman–Crippen MR) is 105 cm³/mol. The molecule has 26 heavy (non-hydrogen) atoms. The highest BCUT2D eigenvalue weighted by Gasteiger charge is 2.16. The molecule has 4 aromatic rings. The van der Waals surface area contributed by atoms with Crippen LogP contribution in [0.1, 0.15) is 16.3 Å². The summed E-state index contributed by atoms with van der Waals surface area (Å²) < 4.78 is 13.2. The summed E-state index contributed by atoms with van der Waals surface area (Å²) in [5, 5.41) is 1.22. The van der Waals surface area contributed by atoms with Gasteiger partial charge in [-0.15, -0.1) is 11.3 Å². The second-order valence-corrected chi connectivity index (χ2v) is 7.68. The number of halogens is 2. The Morgan fingerprint density at radius 1 is 1.12 bits per heavy atom. The summed E-state index contributed by atoms with van der Waals surface area (Å²) in [5.41, 5.74) is 2.47. The van der Waals surface area contributed by atoms with Crippen LogP contribution in [0.5, 0.6) is 0 Å². The first kappa shape index (κ1) is 16.9. The molecule has 0 atom stereocenters. The first-order valence-corrected chi connectivity index (χ1v) is 9.23. The van der Waals surface area contributed by atoms with Gasteiger partial charge in [-0.25, -0.2) is 9.37 Å². The fourth-order valence-electron chi connectivity index (χ4n) is 3.01. The van der Waals surface area contributed by atoms with E-state index < -0.39 is 0 Å². The lowest BCUT2D eigenvalue weighted by Crippen LogP contribution is -2.11. The van der Waals surface area contributed by atoms with E-state index in [4.69, 9.17) is 11.6 Å². The molecular weight excluding hydrogens is 371 g/mol. The van der Waals surface area contributed by atoms with E-state index in [1.807, 2.05) is 31.2 Å². The maximum atomic E-state index is 13.2. The van der Waals surface area contributed by atoms with Crippen molar-refractivity contribution in [2.75, 3.05) is 0 Å². The van der Waals surface area contributed by atoms with Crippen LogP contribution in [0, 0.1) is 12.7 Å². The summed E-state index contributed by atoms with van der Waals surface area (Å²) in [4.78, 5) is 21.9. The Morgan fingerprint density at radius 3 is 2.50 bits per heavy atom. The van der Waals surface area contributed by atoms with Crippen molar-refractivity contribution in [2.24, 2.45) is 0 Å². The van der Waals surface area contributed by atoms with Crippen molar-refractivity contribution >= 4 is 33.2 Å². The van der Waals surface area contributed by atoms with Crippen LogP contribution in [0.3, 0.4) is 0 Å². The lowest BCUT2D eigenvalue weighted by molar-refractivity contribution is 0.628.